The molecule has 1 heterocycles. The zero-order valence-corrected chi connectivity index (χ0v) is 16.3. The van der Waals surface area contributed by atoms with E-state index in [2.05, 4.69) is 34.7 Å². The van der Waals surface area contributed by atoms with E-state index in [9.17, 15) is 4.79 Å². The molecule has 0 aliphatic rings. The molecule has 0 bridgehead atoms. The summed E-state index contributed by atoms with van der Waals surface area (Å²) in [6.45, 7) is 0.611. The van der Waals surface area contributed by atoms with Crippen molar-refractivity contribution in [3.8, 4) is 11.5 Å². The van der Waals surface area contributed by atoms with Gasteiger partial charge in [-0.1, -0.05) is 48.5 Å². The van der Waals surface area contributed by atoms with E-state index in [1.54, 1.807) is 28.9 Å². The number of nitrogens with one attached hydrogen (secondary N) is 1. The molecule has 4 rings (SSSR count). The number of hydrogen-bond acceptors (Lipinski definition) is 4. The number of benzene rings is 3. The van der Waals surface area contributed by atoms with Gasteiger partial charge in [-0.3, -0.25) is 9.48 Å². The number of anilines is 1. The number of amides is 1. The normalized spacial score (nSPS) is 10.7. The second kappa shape index (κ2) is 8.06. The third-order valence-corrected chi connectivity index (χ3v) is 4.74. The summed E-state index contributed by atoms with van der Waals surface area (Å²) in [6, 6.07) is 21.4. The van der Waals surface area contributed by atoms with Crippen molar-refractivity contribution >= 4 is 22.5 Å². The third-order valence-electron chi connectivity index (χ3n) is 4.74. The van der Waals surface area contributed by atoms with Crippen LogP contribution in [0.2, 0.25) is 0 Å². The summed E-state index contributed by atoms with van der Waals surface area (Å²) in [4.78, 5) is 12.7. The number of hydrogen-bond donors (Lipinski definition) is 1. The van der Waals surface area contributed by atoms with Crippen LogP contribution in [0.15, 0.2) is 72.9 Å². The molecular formula is C23H21N3O3. The SMILES string of the molecule is COc1cccc(C(=O)Nc2ccn(Cc3cccc4ccccc34)n2)c1OC. The molecule has 0 unspecified atom stereocenters. The molecule has 0 fully saturated rings. The van der Waals surface area contributed by atoms with Gasteiger partial charge in [0.25, 0.3) is 5.91 Å². The fraction of sp³-hybridized carbons (Fsp3) is 0.130. The molecule has 6 heteroatoms. The molecule has 0 aliphatic heterocycles. The van der Waals surface area contributed by atoms with E-state index >= 15 is 0 Å². The number of aromatic nitrogens is 2. The molecular weight excluding hydrogens is 366 g/mol. The topological polar surface area (TPSA) is 65.4 Å². The number of ether oxygens (including phenoxy) is 2. The van der Waals surface area contributed by atoms with Crippen molar-refractivity contribution < 1.29 is 14.3 Å². The van der Waals surface area contributed by atoms with E-state index in [0.29, 0.717) is 29.4 Å². The second-order valence-electron chi connectivity index (χ2n) is 6.53. The molecule has 3 aromatic carbocycles. The van der Waals surface area contributed by atoms with Crippen molar-refractivity contribution in [2.45, 2.75) is 6.54 Å². The molecule has 0 saturated heterocycles. The van der Waals surface area contributed by atoms with Gasteiger partial charge in [0.1, 0.15) is 0 Å². The minimum Gasteiger partial charge on any atom is -0.493 e. The quantitative estimate of drug-likeness (QED) is 0.534. The van der Waals surface area contributed by atoms with Gasteiger partial charge < -0.3 is 14.8 Å². The number of methoxy groups -OCH3 is 2. The number of carbonyl (C=O) groups excluding carboxylic acids is 1. The summed E-state index contributed by atoms with van der Waals surface area (Å²) in [5.74, 6) is 1.06. The van der Waals surface area contributed by atoms with Crippen LogP contribution in [0.3, 0.4) is 0 Å². The van der Waals surface area contributed by atoms with Crippen LogP contribution in [-0.2, 0) is 6.54 Å². The van der Waals surface area contributed by atoms with Crippen LogP contribution in [0.5, 0.6) is 11.5 Å². The first-order valence-electron chi connectivity index (χ1n) is 9.22. The standard InChI is InChI=1S/C23H21N3O3/c1-28-20-12-6-11-19(22(20)29-2)23(27)24-21-13-14-26(25-21)15-17-9-5-8-16-7-3-4-10-18(16)17/h3-14H,15H2,1-2H3,(H,24,25,27). The number of fused-ring (bicyclic) bond motifs is 1. The van der Waals surface area contributed by atoms with Gasteiger partial charge >= 0.3 is 0 Å². The Hall–Kier alpha value is -3.80. The molecule has 0 radical (unpaired) electrons. The summed E-state index contributed by atoms with van der Waals surface area (Å²) in [6.07, 6.45) is 1.85. The van der Waals surface area contributed by atoms with Gasteiger partial charge in [-0.05, 0) is 28.5 Å². The number of rotatable bonds is 6. The van der Waals surface area contributed by atoms with E-state index in [4.69, 9.17) is 9.47 Å². The van der Waals surface area contributed by atoms with Gasteiger partial charge in [0, 0.05) is 12.3 Å². The van der Waals surface area contributed by atoms with Crippen molar-refractivity contribution in [2.24, 2.45) is 0 Å². The van der Waals surface area contributed by atoms with Gasteiger partial charge in [0.15, 0.2) is 17.3 Å². The second-order valence-corrected chi connectivity index (χ2v) is 6.53. The summed E-state index contributed by atoms with van der Waals surface area (Å²) >= 11 is 0. The first-order chi connectivity index (χ1) is 14.2. The molecule has 4 aromatic rings. The zero-order valence-electron chi connectivity index (χ0n) is 16.3. The van der Waals surface area contributed by atoms with Gasteiger partial charge in [0.05, 0.1) is 26.3 Å². The first-order valence-corrected chi connectivity index (χ1v) is 9.22. The van der Waals surface area contributed by atoms with Crippen molar-refractivity contribution in [1.82, 2.24) is 9.78 Å². The highest BCUT2D eigenvalue weighted by Crippen LogP contribution is 2.31. The smallest absolute Gasteiger partial charge is 0.260 e. The Kier molecular flexibility index (Phi) is 5.16. The lowest BCUT2D eigenvalue weighted by molar-refractivity contribution is 0.102. The Morgan fingerprint density at radius 3 is 2.59 bits per heavy atom. The molecule has 146 valence electrons. The summed E-state index contributed by atoms with van der Waals surface area (Å²) < 4.78 is 12.4. The number of nitrogens with zero attached hydrogens (tertiary/aromatic N) is 2. The van der Waals surface area contributed by atoms with Gasteiger partial charge in [0.2, 0.25) is 0 Å². The van der Waals surface area contributed by atoms with Gasteiger partial charge in [-0.2, -0.15) is 5.10 Å². The van der Waals surface area contributed by atoms with Crippen LogP contribution in [0.1, 0.15) is 15.9 Å². The lowest BCUT2D eigenvalue weighted by Crippen LogP contribution is -2.14. The van der Waals surface area contributed by atoms with Crippen LogP contribution >= 0.6 is 0 Å². The molecule has 1 aromatic heterocycles. The predicted molar refractivity (Wildman–Crippen MR) is 113 cm³/mol. The Balaban J connectivity index is 1.53. The van der Waals surface area contributed by atoms with Crippen LogP contribution in [0.4, 0.5) is 5.82 Å². The van der Waals surface area contributed by atoms with E-state index in [-0.39, 0.29) is 5.91 Å². The Morgan fingerprint density at radius 2 is 1.76 bits per heavy atom. The van der Waals surface area contributed by atoms with Crippen molar-refractivity contribution in [3.63, 3.8) is 0 Å². The highest BCUT2D eigenvalue weighted by atomic mass is 16.5. The minimum atomic E-state index is -0.309. The van der Waals surface area contributed by atoms with E-state index in [1.807, 2.05) is 24.4 Å². The van der Waals surface area contributed by atoms with Crippen molar-refractivity contribution in [2.75, 3.05) is 19.5 Å². The maximum Gasteiger partial charge on any atom is 0.260 e. The molecule has 1 N–H and O–H groups in total. The first kappa shape index (κ1) is 18.6. The monoisotopic (exact) mass is 387 g/mol. The average Bonchev–Trinajstić information content (AvgIpc) is 3.20. The fourth-order valence-electron chi connectivity index (χ4n) is 3.37. The lowest BCUT2D eigenvalue weighted by Gasteiger charge is -2.11. The zero-order chi connectivity index (χ0) is 20.2. The van der Waals surface area contributed by atoms with E-state index < -0.39 is 0 Å². The molecule has 0 saturated carbocycles. The molecule has 29 heavy (non-hydrogen) atoms. The number of carbonyl (C=O) groups is 1. The highest BCUT2D eigenvalue weighted by molar-refractivity contribution is 6.06. The predicted octanol–water partition coefficient (Wildman–Crippen LogP) is 4.35. The van der Waals surface area contributed by atoms with Crippen LogP contribution in [0, 0.1) is 0 Å². The molecule has 0 spiro atoms. The van der Waals surface area contributed by atoms with Crippen LogP contribution in [-0.4, -0.2) is 29.9 Å². The van der Waals surface area contributed by atoms with Crippen molar-refractivity contribution in [3.05, 3.63) is 84.1 Å². The summed E-state index contributed by atoms with van der Waals surface area (Å²) in [5, 5.41) is 9.69. The maximum atomic E-state index is 12.7. The van der Waals surface area contributed by atoms with Gasteiger partial charge in [-0.25, -0.2) is 0 Å². The molecule has 6 nitrogen and oxygen atoms in total. The Bertz CT molecular complexity index is 1160. The maximum absolute atomic E-state index is 12.7. The fourth-order valence-corrected chi connectivity index (χ4v) is 3.37. The van der Waals surface area contributed by atoms with Crippen molar-refractivity contribution in [1.29, 1.82) is 0 Å². The highest BCUT2D eigenvalue weighted by Gasteiger charge is 2.17. The van der Waals surface area contributed by atoms with Crippen LogP contribution < -0.4 is 14.8 Å². The molecule has 1 amide bonds. The van der Waals surface area contributed by atoms with E-state index in [1.165, 1.54) is 30.6 Å². The number of para-hydroxylation sites is 1. The third kappa shape index (κ3) is 3.78. The van der Waals surface area contributed by atoms with Crippen LogP contribution in [0.25, 0.3) is 10.8 Å². The Morgan fingerprint density at radius 1 is 0.966 bits per heavy atom. The van der Waals surface area contributed by atoms with Gasteiger partial charge in [-0.15, -0.1) is 0 Å². The summed E-state index contributed by atoms with van der Waals surface area (Å²) in [7, 11) is 3.04. The average molecular weight is 387 g/mol. The Labute approximate surface area is 168 Å². The van der Waals surface area contributed by atoms with E-state index in [0.717, 1.165) is 0 Å². The lowest BCUT2D eigenvalue weighted by atomic mass is 10.0. The molecule has 0 atom stereocenters. The minimum absolute atomic E-state index is 0.309. The largest absolute Gasteiger partial charge is 0.493 e. The summed E-state index contributed by atoms with van der Waals surface area (Å²) in [5.41, 5.74) is 1.55. The molecule has 0 aliphatic carbocycles.